The van der Waals surface area contributed by atoms with Crippen LogP contribution in [0.5, 0.6) is 0 Å². The first-order chi connectivity index (χ1) is 16.7. The Hall–Kier alpha value is -3.38. The smallest absolute Gasteiger partial charge is 0.00211 e. The second kappa shape index (κ2) is 11.2. The fourth-order valence-electron chi connectivity index (χ4n) is 5.12. The molecule has 0 saturated carbocycles. The Morgan fingerprint density at radius 2 is 0.559 bits per heavy atom. The first-order valence-electron chi connectivity index (χ1n) is 12.8. The van der Waals surface area contributed by atoms with Gasteiger partial charge in [0.25, 0.3) is 0 Å². The van der Waals surface area contributed by atoms with Crippen molar-refractivity contribution in [2.24, 2.45) is 0 Å². The van der Waals surface area contributed by atoms with Crippen LogP contribution < -0.4 is 0 Å². The molecular formula is C34H36. The Morgan fingerprint density at radius 1 is 0.353 bits per heavy atom. The van der Waals surface area contributed by atoms with Crippen LogP contribution in [0.1, 0.15) is 72.2 Å². The van der Waals surface area contributed by atoms with E-state index in [1.807, 2.05) is 0 Å². The molecule has 0 saturated heterocycles. The summed E-state index contributed by atoms with van der Waals surface area (Å²) >= 11 is 0. The Labute approximate surface area is 206 Å². The van der Waals surface area contributed by atoms with Gasteiger partial charge in [-0.25, -0.2) is 0 Å². The van der Waals surface area contributed by atoms with Gasteiger partial charge in [-0.1, -0.05) is 125 Å². The van der Waals surface area contributed by atoms with E-state index in [0.717, 1.165) is 25.7 Å². The first-order valence-corrected chi connectivity index (χ1v) is 12.8. The molecule has 0 spiro atoms. The highest BCUT2D eigenvalue weighted by Crippen LogP contribution is 2.41. The molecule has 0 fully saturated rings. The second-order valence-corrected chi connectivity index (χ2v) is 8.79. The van der Waals surface area contributed by atoms with Crippen LogP contribution >= 0.6 is 0 Å². The van der Waals surface area contributed by atoms with Crippen molar-refractivity contribution in [2.75, 3.05) is 0 Å². The lowest BCUT2D eigenvalue weighted by Gasteiger charge is -2.24. The van der Waals surface area contributed by atoms with E-state index in [1.165, 1.54) is 55.7 Å². The maximum absolute atomic E-state index is 2.32. The van der Waals surface area contributed by atoms with Crippen LogP contribution in [0.2, 0.25) is 0 Å². The van der Waals surface area contributed by atoms with Gasteiger partial charge in [-0.05, 0) is 81.3 Å². The molecule has 0 aliphatic rings. The quantitative estimate of drug-likeness (QED) is 0.238. The predicted octanol–water partition coefficient (Wildman–Crippen LogP) is 8.94. The molecule has 4 aromatic rings. The summed E-state index contributed by atoms with van der Waals surface area (Å²) in [5.74, 6) is 0. The van der Waals surface area contributed by atoms with E-state index in [9.17, 15) is 0 Å². The molecule has 34 heavy (non-hydrogen) atoms. The molecule has 0 heteroatoms. The molecule has 4 rings (SSSR count). The summed E-state index contributed by atoms with van der Waals surface area (Å²) in [5, 5.41) is 0. The summed E-state index contributed by atoms with van der Waals surface area (Å²) in [6, 6.07) is 35.9. The average Bonchev–Trinajstić information content (AvgIpc) is 2.91. The molecule has 0 aromatic heterocycles. The predicted molar refractivity (Wildman–Crippen MR) is 148 cm³/mol. The van der Waals surface area contributed by atoms with Gasteiger partial charge in [0.2, 0.25) is 0 Å². The zero-order valence-electron chi connectivity index (χ0n) is 21.1. The highest BCUT2D eigenvalue weighted by molar-refractivity contribution is 6.06. The van der Waals surface area contributed by atoms with Gasteiger partial charge < -0.3 is 0 Å². The monoisotopic (exact) mass is 444 g/mol. The second-order valence-electron chi connectivity index (χ2n) is 8.79. The van der Waals surface area contributed by atoms with Gasteiger partial charge in [0.05, 0.1) is 0 Å². The minimum Gasteiger partial charge on any atom is -0.0620 e. The minimum absolute atomic E-state index is 1.01. The summed E-state index contributed by atoms with van der Waals surface area (Å²) in [7, 11) is 0. The molecule has 4 aromatic carbocycles. The van der Waals surface area contributed by atoms with Crippen LogP contribution in [-0.4, -0.2) is 0 Å². The fraction of sp³-hybridized carbons (Fsp3) is 0.235. The van der Waals surface area contributed by atoms with Crippen LogP contribution in [-0.2, 0) is 25.7 Å². The van der Waals surface area contributed by atoms with Crippen molar-refractivity contribution in [2.45, 2.75) is 53.4 Å². The number of benzene rings is 4. The molecule has 0 heterocycles. The molecule has 0 N–H and O–H groups in total. The lowest BCUT2D eigenvalue weighted by molar-refractivity contribution is 1.10. The Bertz CT molecular complexity index is 1090. The van der Waals surface area contributed by atoms with Crippen molar-refractivity contribution in [3.63, 3.8) is 0 Å². The van der Waals surface area contributed by atoms with E-state index >= 15 is 0 Å². The number of hydrogen-bond acceptors (Lipinski definition) is 0. The summed E-state index contributed by atoms with van der Waals surface area (Å²) < 4.78 is 0. The van der Waals surface area contributed by atoms with Gasteiger partial charge in [0.1, 0.15) is 0 Å². The molecule has 0 aliphatic carbocycles. The fourth-order valence-corrected chi connectivity index (χ4v) is 5.12. The zero-order valence-corrected chi connectivity index (χ0v) is 21.1. The van der Waals surface area contributed by atoms with E-state index in [-0.39, 0.29) is 0 Å². The third-order valence-electron chi connectivity index (χ3n) is 6.92. The summed E-state index contributed by atoms with van der Waals surface area (Å²) in [5.41, 5.74) is 13.7. The van der Waals surface area contributed by atoms with Crippen LogP contribution in [0.15, 0.2) is 97.1 Å². The van der Waals surface area contributed by atoms with Gasteiger partial charge in [0.15, 0.2) is 0 Å². The van der Waals surface area contributed by atoms with Crippen LogP contribution in [0, 0.1) is 0 Å². The van der Waals surface area contributed by atoms with E-state index in [1.54, 1.807) is 0 Å². The summed E-state index contributed by atoms with van der Waals surface area (Å²) in [6.45, 7) is 9.06. The largest absolute Gasteiger partial charge is 0.0620 e. The molecule has 0 bridgehead atoms. The van der Waals surface area contributed by atoms with E-state index < -0.39 is 0 Å². The van der Waals surface area contributed by atoms with Crippen molar-refractivity contribution < 1.29 is 0 Å². The number of hydrogen-bond donors (Lipinski definition) is 0. The van der Waals surface area contributed by atoms with Gasteiger partial charge >= 0.3 is 0 Å². The summed E-state index contributed by atoms with van der Waals surface area (Å²) in [6.07, 6.45) is 4.02. The van der Waals surface area contributed by atoms with Gasteiger partial charge in [0, 0.05) is 0 Å². The van der Waals surface area contributed by atoms with E-state index in [0.29, 0.717) is 0 Å². The van der Waals surface area contributed by atoms with Gasteiger partial charge in [-0.15, -0.1) is 0 Å². The summed E-state index contributed by atoms with van der Waals surface area (Å²) in [4.78, 5) is 0. The third-order valence-corrected chi connectivity index (χ3v) is 6.92. The molecule has 0 radical (unpaired) electrons. The normalized spacial score (nSPS) is 10.8. The number of rotatable bonds is 8. The van der Waals surface area contributed by atoms with Crippen molar-refractivity contribution in [1.82, 2.24) is 0 Å². The molecule has 0 atom stereocenters. The molecule has 0 unspecified atom stereocenters. The Balaban J connectivity index is 2.26. The van der Waals surface area contributed by atoms with Crippen molar-refractivity contribution in [1.29, 1.82) is 0 Å². The molecule has 172 valence electrons. The van der Waals surface area contributed by atoms with Gasteiger partial charge in [-0.2, -0.15) is 0 Å². The Kier molecular flexibility index (Phi) is 7.80. The van der Waals surface area contributed by atoms with Crippen LogP contribution in [0.4, 0.5) is 0 Å². The molecular weight excluding hydrogens is 408 g/mol. The van der Waals surface area contributed by atoms with Crippen molar-refractivity contribution in [3.05, 3.63) is 142 Å². The minimum atomic E-state index is 1.01. The highest BCUT2D eigenvalue weighted by atomic mass is 14.3. The van der Waals surface area contributed by atoms with Crippen molar-refractivity contribution >= 4 is 11.1 Å². The van der Waals surface area contributed by atoms with Crippen LogP contribution in [0.25, 0.3) is 11.1 Å². The molecule has 0 amide bonds. The van der Waals surface area contributed by atoms with Crippen LogP contribution in [0.3, 0.4) is 0 Å². The molecule has 0 nitrogen and oxygen atoms in total. The van der Waals surface area contributed by atoms with E-state index in [2.05, 4.69) is 125 Å². The molecule has 0 aliphatic heterocycles. The Morgan fingerprint density at radius 3 is 0.765 bits per heavy atom. The van der Waals surface area contributed by atoms with E-state index in [4.69, 9.17) is 0 Å². The SMILES string of the molecule is CCc1ccccc1C(=C(c1ccccc1CC)c1ccccc1CC)c1ccccc1CC. The lowest BCUT2D eigenvalue weighted by Crippen LogP contribution is -2.06. The maximum Gasteiger partial charge on any atom is -0.00211 e. The topological polar surface area (TPSA) is 0 Å². The zero-order chi connectivity index (χ0) is 23.9. The third kappa shape index (κ3) is 4.64. The van der Waals surface area contributed by atoms with Gasteiger partial charge in [-0.3, -0.25) is 0 Å². The van der Waals surface area contributed by atoms with Crippen molar-refractivity contribution in [3.8, 4) is 0 Å². The number of aryl methyl sites for hydroxylation is 4. The standard InChI is InChI=1S/C34H36/c1-5-25-17-9-13-21-29(25)33(30-22-14-10-18-26(30)6-2)34(31-23-15-11-19-27(31)7-3)32-24-16-12-20-28(32)8-4/h9-24H,5-8H2,1-4H3. The first kappa shape index (κ1) is 23.8. The maximum atomic E-state index is 2.32. The highest BCUT2D eigenvalue weighted by Gasteiger charge is 2.22. The average molecular weight is 445 g/mol. The lowest BCUT2D eigenvalue weighted by atomic mass is 9.79.